The van der Waals surface area contributed by atoms with E-state index in [4.69, 9.17) is 9.47 Å². The van der Waals surface area contributed by atoms with Crippen LogP contribution in [0.25, 0.3) is 0 Å². The second-order valence-corrected chi connectivity index (χ2v) is 9.18. The minimum absolute atomic E-state index is 0.0796. The number of methoxy groups -OCH3 is 1. The number of carbonyl (C=O) groups excluding carboxylic acids is 3. The summed E-state index contributed by atoms with van der Waals surface area (Å²) in [5.41, 5.74) is 1.12. The molecule has 0 aliphatic carbocycles. The van der Waals surface area contributed by atoms with E-state index >= 15 is 0 Å². The lowest BCUT2D eigenvalue weighted by Gasteiger charge is -2.27. The predicted molar refractivity (Wildman–Crippen MR) is 125 cm³/mol. The van der Waals surface area contributed by atoms with E-state index in [9.17, 15) is 18.8 Å². The van der Waals surface area contributed by atoms with Crippen LogP contribution in [0.4, 0.5) is 14.9 Å². The van der Waals surface area contributed by atoms with Crippen molar-refractivity contribution in [2.75, 3.05) is 12.4 Å². The Hall–Kier alpha value is -3.62. The second kappa shape index (κ2) is 10.5. The zero-order valence-corrected chi connectivity index (χ0v) is 19.7. The van der Waals surface area contributed by atoms with Crippen LogP contribution in [-0.4, -0.2) is 42.7 Å². The summed E-state index contributed by atoms with van der Waals surface area (Å²) < 4.78 is 24.7. The number of rotatable bonds is 7. The Morgan fingerprint density at radius 1 is 1.21 bits per heavy atom. The van der Waals surface area contributed by atoms with Crippen LogP contribution < -0.4 is 20.7 Å². The molecule has 34 heavy (non-hydrogen) atoms. The van der Waals surface area contributed by atoms with Crippen molar-refractivity contribution in [1.29, 1.82) is 0 Å². The van der Waals surface area contributed by atoms with Crippen molar-refractivity contribution >= 4 is 23.6 Å². The minimum atomic E-state index is -0.789. The molecule has 1 unspecified atom stereocenters. The summed E-state index contributed by atoms with van der Waals surface area (Å²) in [6, 6.07) is 9.92. The molecule has 2 aromatic rings. The molecule has 1 aliphatic rings. The van der Waals surface area contributed by atoms with Crippen molar-refractivity contribution in [3.8, 4) is 5.75 Å². The van der Waals surface area contributed by atoms with E-state index < -0.39 is 35.5 Å². The molecule has 1 heterocycles. The zero-order chi connectivity index (χ0) is 24.9. The first-order valence-corrected chi connectivity index (χ1v) is 11.0. The predicted octanol–water partition coefficient (Wildman–Crippen LogP) is 3.34. The van der Waals surface area contributed by atoms with Gasteiger partial charge in [-0.05, 0) is 62.6 Å². The van der Waals surface area contributed by atoms with Gasteiger partial charge >= 0.3 is 6.09 Å². The van der Waals surface area contributed by atoms with Gasteiger partial charge in [-0.25, -0.2) is 9.18 Å². The number of carbonyl (C=O) groups is 3. The summed E-state index contributed by atoms with van der Waals surface area (Å²) >= 11 is 0. The summed E-state index contributed by atoms with van der Waals surface area (Å²) in [6.07, 6.45) is -0.502. The zero-order valence-electron chi connectivity index (χ0n) is 19.7. The largest absolute Gasteiger partial charge is 0.497 e. The number of nitrogens with one attached hydrogen (secondary N) is 3. The standard InChI is InChI=1S/C25H30FN3O5/c1-25(2,3)34-24(32)27-17(11-15-7-5-6-8-19(15)26)14-22(30)28-21-13-16-12-18(33-4)9-10-20(16)29-23(21)31/h5-10,12,17,21H,11,13-14H2,1-4H3,(H,27,32)(H,28,30)(H,29,31)/t17-,21?/m1/s1. The molecule has 0 radical (unpaired) electrons. The lowest BCUT2D eigenvalue weighted by Crippen LogP contribution is -2.50. The Bertz CT molecular complexity index is 1070. The molecule has 3 N–H and O–H groups in total. The van der Waals surface area contributed by atoms with Gasteiger partial charge in [-0.15, -0.1) is 0 Å². The van der Waals surface area contributed by atoms with Gasteiger partial charge in [0.2, 0.25) is 11.8 Å². The Morgan fingerprint density at radius 3 is 2.62 bits per heavy atom. The number of fused-ring (bicyclic) bond motifs is 1. The number of amides is 3. The summed E-state index contributed by atoms with van der Waals surface area (Å²) in [4.78, 5) is 37.7. The van der Waals surface area contributed by atoms with Crippen LogP contribution in [0.15, 0.2) is 42.5 Å². The lowest BCUT2D eigenvalue weighted by molar-refractivity contribution is -0.127. The van der Waals surface area contributed by atoms with Crippen molar-refractivity contribution < 1.29 is 28.2 Å². The molecule has 182 valence electrons. The minimum Gasteiger partial charge on any atom is -0.497 e. The van der Waals surface area contributed by atoms with Gasteiger partial charge in [0.05, 0.1) is 7.11 Å². The van der Waals surface area contributed by atoms with Crippen molar-refractivity contribution in [3.63, 3.8) is 0 Å². The maximum absolute atomic E-state index is 14.2. The monoisotopic (exact) mass is 471 g/mol. The van der Waals surface area contributed by atoms with Crippen LogP contribution in [0, 0.1) is 5.82 Å². The summed E-state index contributed by atoms with van der Waals surface area (Å²) in [5, 5.41) is 8.15. The van der Waals surface area contributed by atoms with Gasteiger partial charge in [0.25, 0.3) is 0 Å². The van der Waals surface area contributed by atoms with Gasteiger partial charge in [-0.2, -0.15) is 0 Å². The van der Waals surface area contributed by atoms with Crippen LogP contribution in [-0.2, 0) is 27.2 Å². The first-order chi connectivity index (χ1) is 16.0. The van der Waals surface area contributed by atoms with E-state index in [0.717, 1.165) is 5.56 Å². The number of benzene rings is 2. The normalized spacial score (nSPS) is 16.0. The fourth-order valence-electron chi connectivity index (χ4n) is 3.69. The number of halogens is 1. The molecule has 9 heteroatoms. The highest BCUT2D eigenvalue weighted by atomic mass is 19.1. The Kier molecular flexibility index (Phi) is 7.75. The highest BCUT2D eigenvalue weighted by Gasteiger charge is 2.29. The molecular weight excluding hydrogens is 441 g/mol. The first-order valence-electron chi connectivity index (χ1n) is 11.0. The van der Waals surface area contributed by atoms with Gasteiger partial charge in [-0.3, -0.25) is 9.59 Å². The van der Waals surface area contributed by atoms with Crippen LogP contribution >= 0.6 is 0 Å². The molecule has 1 aliphatic heterocycles. The van der Waals surface area contributed by atoms with Crippen LogP contribution in [0.2, 0.25) is 0 Å². The number of hydrogen-bond acceptors (Lipinski definition) is 5. The molecule has 3 rings (SSSR count). The first kappa shape index (κ1) is 25.0. The fourth-order valence-corrected chi connectivity index (χ4v) is 3.69. The van der Waals surface area contributed by atoms with Gasteiger partial charge in [0.1, 0.15) is 23.2 Å². The summed E-state index contributed by atoms with van der Waals surface area (Å²) in [5.74, 6) is -0.580. The van der Waals surface area contributed by atoms with Crippen molar-refractivity contribution in [3.05, 3.63) is 59.4 Å². The molecule has 3 amide bonds. The van der Waals surface area contributed by atoms with Crippen LogP contribution in [0.3, 0.4) is 0 Å². The number of alkyl carbamates (subject to hydrolysis) is 1. The smallest absolute Gasteiger partial charge is 0.407 e. The van der Waals surface area contributed by atoms with E-state index in [1.807, 2.05) is 0 Å². The second-order valence-electron chi connectivity index (χ2n) is 9.18. The van der Waals surface area contributed by atoms with Gasteiger partial charge < -0.3 is 25.4 Å². The van der Waals surface area contributed by atoms with Gasteiger partial charge in [-0.1, -0.05) is 18.2 Å². The van der Waals surface area contributed by atoms with E-state index in [1.54, 1.807) is 64.3 Å². The van der Waals surface area contributed by atoms with E-state index in [1.165, 1.54) is 6.07 Å². The van der Waals surface area contributed by atoms with Gasteiger partial charge in [0.15, 0.2) is 0 Å². The summed E-state index contributed by atoms with van der Waals surface area (Å²) in [6.45, 7) is 5.17. The Labute approximate surface area is 198 Å². The topological polar surface area (TPSA) is 106 Å². The molecule has 0 spiro atoms. The highest BCUT2D eigenvalue weighted by molar-refractivity contribution is 6.00. The van der Waals surface area contributed by atoms with Crippen molar-refractivity contribution in [2.45, 2.75) is 57.7 Å². The fraction of sp³-hybridized carbons (Fsp3) is 0.400. The highest BCUT2D eigenvalue weighted by Crippen LogP contribution is 2.27. The Morgan fingerprint density at radius 2 is 1.94 bits per heavy atom. The average molecular weight is 472 g/mol. The van der Waals surface area contributed by atoms with E-state index in [-0.39, 0.29) is 18.7 Å². The quantitative estimate of drug-likeness (QED) is 0.574. The van der Waals surface area contributed by atoms with Crippen molar-refractivity contribution in [1.82, 2.24) is 10.6 Å². The molecule has 2 aromatic carbocycles. The molecule has 0 saturated heterocycles. The van der Waals surface area contributed by atoms with E-state index in [2.05, 4.69) is 16.0 Å². The third-order valence-electron chi connectivity index (χ3n) is 5.22. The third kappa shape index (κ3) is 6.94. The summed E-state index contributed by atoms with van der Waals surface area (Å²) in [7, 11) is 1.55. The average Bonchev–Trinajstić information content (AvgIpc) is 2.74. The molecule has 0 saturated carbocycles. The molecular formula is C25H30FN3O5. The molecule has 0 fully saturated rings. The van der Waals surface area contributed by atoms with E-state index in [0.29, 0.717) is 23.4 Å². The molecule has 2 atom stereocenters. The van der Waals surface area contributed by atoms with Crippen molar-refractivity contribution in [2.24, 2.45) is 0 Å². The maximum Gasteiger partial charge on any atom is 0.407 e. The SMILES string of the molecule is COc1ccc2c(c1)CC(NC(=O)C[C@@H](Cc1ccccc1F)NC(=O)OC(C)(C)C)C(=O)N2. The number of anilines is 1. The van der Waals surface area contributed by atoms with Gasteiger partial charge in [0, 0.05) is 24.6 Å². The van der Waals surface area contributed by atoms with Crippen LogP contribution in [0.5, 0.6) is 5.75 Å². The molecule has 8 nitrogen and oxygen atoms in total. The van der Waals surface area contributed by atoms with Crippen LogP contribution in [0.1, 0.15) is 38.3 Å². The Balaban J connectivity index is 1.69. The third-order valence-corrected chi connectivity index (χ3v) is 5.22. The maximum atomic E-state index is 14.2. The molecule has 0 aromatic heterocycles. The number of ether oxygens (including phenoxy) is 2. The molecule has 0 bridgehead atoms. The lowest BCUT2D eigenvalue weighted by atomic mass is 9.98. The number of hydrogen-bond donors (Lipinski definition) is 3.